The number of nitrogens with two attached hydrogens (primary N) is 1. The van der Waals surface area contributed by atoms with Crippen molar-refractivity contribution in [2.45, 2.75) is 23.6 Å². The van der Waals surface area contributed by atoms with Crippen molar-refractivity contribution in [1.29, 1.82) is 0 Å². The summed E-state index contributed by atoms with van der Waals surface area (Å²) in [7, 11) is -4.63. The van der Waals surface area contributed by atoms with Crippen LogP contribution in [0.25, 0.3) is 5.69 Å². The third-order valence-corrected chi connectivity index (χ3v) is 6.23. The van der Waals surface area contributed by atoms with E-state index in [9.17, 15) is 35.9 Å². The highest BCUT2D eigenvalue weighted by Gasteiger charge is 2.55. The third kappa shape index (κ3) is 5.78. The molecule has 9 nitrogen and oxygen atoms in total. The Hall–Kier alpha value is -3.49. The Balaban J connectivity index is 1.74. The summed E-state index contributed by atoms with van der Waals surface area (Å²) in [5.74, 6) is -1.92. The predicted molar refractivity (Wildman–Crippen MR) is 116 cm³/mol. The molecule has 1 amide bonds. The summed E-state index contributed by atoms with van der Waals surface area (Å²) in [5.41, 5.74) is 2.76. The van der Waals surface area contributed by atoms with E-state index in [-0.39, 0.29) is 17.1 Å². The summed E-state index contributed by atoms with van der Waals surface area (Å²) in [5, 5.41) is 15.9. The Labute approximate surface area is 197 Å². The highest BCUT2D eigenvalue weighted by molar-refractivity contribution is 7.86. The molecule has 0 saturated carbocycles. The van der Waals surface area contributed by atoms with Crippen LogP contribution >= 0.6 is 0 Å². The normalized spacial score (nSPS) is 13.9. The van der Waals surface area contributed by atoms with E-state index in [0.29, 0.717) is 5.56 Å². The number of aryl methyl sites for hydroxylation is 1. The molecule has 0 aliphatic rings. The van der Waals surface area contributed by atoms with Crippen LogP contribution in [0.3, 0.4) is 0 Å². The molecule has 4 N–H and O–H groups in total. The highest BCUT2D eigenvalue weighted by atomic mass is 32.2. The molecular weight excluding hydrogens is 496 g/mol. The fraction of sp³-hybridized carbons (Fsp3) is 0.238. The van der Waals surface area contributed by atoms with Crippen molar-refractivity contribution in [3.8, 4) is 5.69 Å². The van der Waals surface area contributed by atoms with Crippen LogP contribution in [0.1, 0.15) is 15.9 Å². The number of nitrogens with zero attached hydrogens (tertiary/aromatic N) is 2. The number of amides is 1. The molecule has 0 unspecified atom stereocenters. The van der Waals surface area contributed by atoms with Crippen molar-refractivity contribution in [1.82, 2.24) is 15.1 Å². The van der Waals surface area contributed by atoms with Crippen molar-refractivity contribution < 1.29 is 40.1 Å². The lowest BCUT2D eigenvalue weighted by Crippen LogP contribution is -2.57. The van der Waals surface area contributed by atoms with Crippen molar-refractivity contribution >= 4 is 21.8 Å². The molecule has 3 rings (SSSR count). The van der Waals surface area contributed by atoms with Crippen LogP contribution in [0.2, 0.25) is 0 Å². The van der Waals surface area contributed by atoms with Crippen LogP contribution in [0.5, 0.6) is 0 Å². The van der Waals surface area contributed by atoms with Crippen LogP contribution in [0.15, 0.2) is 59.6 Å². The van der Waals surface area contributed by atoms with E-state index in [2.05, 4.69) is 9.28 Å². The van der Waals surface area contributed by atoms with Crippen LogP contribution < -0.4 is 11.1 Å². The van der Waals surface area contributed by atoms with E-state index in [1.165, 1.54) is 24.3 Å². The Morgan fingerprint density at radius 3 is 2.31 bits per heavy atom. The van der Waals surface area contributed by atoms with Crippen LogP contribution in [0, 0.1) is 12.7 Å². The number of anilines is 1. The van der Waals surface area contributed by atoms with Gasteiger partial charge in [-0.2, -0.15) is 26.7 Å². The number of carbonyl (C=O) groups is 1. The van der Waals surface area contributed by atoms with Gasteiger partial charge in [0.25, 0.3) is 16.0 Å². The molecule has 3 aromatic rings. The first-order chi connectivity index (χ1) is 16.2. The number of nitrogen functional groups attached to an aromatic ring is 1. The van der Waals surface area contributed by atoms with Gasteiger partial charge in [-0.3, -0.25) is 8.98 Å². The fourth-order valence-electron chi connectivity index (χ4n) is 2.82. The van der Waals surface area contributed by atoms with Gasteiger partial charge in [0.15, 0.2) is 0 Å². The Kier molecular flexibility index (Phi) is 7.19. The molecule has 2 aromatic carbocycles. The van der Waals surface area contributed by atoms with Gasteiger partial charge >= 0.3 is 6.18 Å². The summed E-state index contributed by atoms with van der Waals surface area (Å²) in [6.45, 7) is -1.48. The van der Waals surface area contributed by atoms with Gasteiger partial charge in [0.1, 0.15) is 23.8 Å². The zero-order valence-corrected chi connectivity index (χ0v) is 18.9. The second-order valence-electron chi connectivity index (χ2n) is 7.57. The number of nitrogens with one attached hydrogen (secondary N) is 1. The number of alkyl halides is 3. The van der Waals surface area contributed by atoms with Crippen molar-refractivity contribution in [3.05, 3.63) is 71.7 Å². The summed E-state index contributed by atoms with van der Waals surface area (Å²) in [6.07, 6.45) is -4.40. The Morgan fingerprint density at radius 2 is 1.74 bits per heavy atom. The number of aromatic nitrogens is 2. The SMILES string of the molecule is Cc1ccc(S(=O)(=O)OC[C@](O)(CNC(=O)c2cnn(-c3ccc(F)cc3)c2N)C(F)(F)F)cc1. The van der Waals surface area contributed by atoms with E-state index in [1.54, 1.807) is 6.92 Å². The average molecular weight is 516 g/mol. The molecule has 0 fully saturated rings. The first kappa shape index (κ1) is 26.1. The topological polar surface area (TPSA) is 137 Å². The maximum Gasteiger partial charge on any atom is 0.421 e. The number of rotatable bonds is 8. The van der Waals surface area contributed by atoms with Gasteiger partial charge in [-0.25, -0.2) is 9.07 Å². The van der Waals surface area contributed by atoms with Crippen molar-refractivity contribution in [2.75, 3.05) is 18.9 Å². The van der Waals surface area contributed by atoms with Crippen LogP contribution in [0.4, 0.5) is 23.4 Å². The molecule has 0 aliphatic carbocycles. The summed E-state index contributed by atoms with van der Waals surface area (Å²) >= 11 is 0. The number of hydrogen-bond donors (Lipinski definition) is 3. The fourth-order valence-corrected chi connectivity index (χ4v) is 3.78. The number of aliphatic hydroxyl groups is 1. The molecule has 1 atom stereocenters. The lowest BCUT2D eigenvalue weighted by Gasteiger charge is -2.30. The van der Waals surface area contributed by atoms with Gasteiger partial charge in [-0.05, 0) is 43.3 Å². The first-order valence-electron chi connectivity index (χ1n) is 9.86. The number of halogens is 4. The van der Waals surface area contributed by atoms with Gasteiger partial charge in [0, 0.05) is 0 Å². The van der Waals surface area contributed by atoms with Gasteiger partial charge in [-0.15, -0.1) is 0 Å². The molecule has 1 aromatic heterocycles. The molecule has 1 heterocycles. The van der Waals surface area contributed by atoms with Gasteiger partial charge in [0.2, 0.25) is 5.60 Å². The lowest BCUT2D eigenvalue weighted by atomic mass is 10.1. The predicted octanol–water partition coefficient (Wildman–Crippen LogP) is 2.33. The first-order valence-corrected chi connectivity index (χ1v) is 11.3. The molecular formula is C21H20F4N4O5S. The average Bonchev–Trinajstić information content (AvgIpc) is 3.17. The molecule has 0 spiro atoms. The van der Waals surface area contributed by atoms with E-state index >= 15 is 0 Å². The Morgan fingerprint density at radius 1 is 1.14 bits per heavy atom. The van der Waals surface area contributed by atoms with Crippen LogP contribution in [-0.4, -0.2) is 54.1 Å². The monoisotopic (exact) mass is 516 g/mol. The minimum atomic E-state index is -5.37. The second kappa shape index (κ2) is 9.64. The molecule has 0 radical (unpaired) electrons. The van der Waals surface area contributed by atoms with E-state index in [1.807, 2.05) is 5.32 Å². The number of carbonyl (C=O) groups excluding carboxylic acids is 1. The number of benzene rings is 2. The smallest absolute Gasteiger partial charge is 0.383 e. The minimum Gasteiger partial charge on any atom is -0.383 e. The number of hydrogen-bond acceptors (Lipinski definition) is 7. The molecule has 35 heavy (non-hydrogen) atoms. The largest absolute Gasteiger partial charge is 0.421 e. The highest BCUT2D eigenvalue weighted by Crippen LogP contribution is 2.31. The van der Waals surface area contributed by atoms with Crippen LogP contribution in [-0.2, 0) is 14.3 Å². The van der Waals surface area contributed by atoms with Gasteiger partial charge < -0.3 is 16.2 Å². The van der Waals surface area contributed by atoms with Crippen molar-refractivity contribution in [3.63, 3.8) is 0 Å². The minimum absolute atomic E-state index is 0.261. The summed E-state index contributed by atoms with van der Waals surface area (Å²) in [4.78, 5) is 12.0. The standard InChI is InChI=1S/C21H20F4N4O5S/c1-13-2-8-16(9-3-13)35(32,33)34-12-20(31,21(23,24)25)11-27-19(30)17-10-28-29(18(17)26)15-6-4-14(22)5-7-15/h2-10,31H,11-12,26H2,1H3,(H,27,30)/t20-/m1/s1. The summed E-state index contributed by atoms with van der Waals surface area (Å²) in [6, 6.07) is 9.98. The van der Waals surface area contributed by atoms with E-state index in [4.69, 9.17) is 5.73 Å². The Bertz CT molecular complexity index is 1310. The maximum absolute atomic E-state index is 13.6. The molecule has 14 heteroatoms. The van der Waals surface area contributed by atoms with Gasteiger partial charge in [-0.1, -0.05) is 17.7 Å². The zero-order chi connectivity index (χ0) is 26.0. The maximum atomic E-state index is 13.6. The van der Waals surface area contributed by atoms with E-state index in [0.717, 1.165) is 35.1 Å². The van der Waals surface area contributed by atoms with E-state index < -0.39 is 51.7 Å². The molecule has 188 valence electrons. The summed E-state index contributed by atoms with van der Waals surface area (Å²) < 4.78 is 83.8. The molecule has 0 saturated heterocycles. The quantitative estimate of drug-likeness (QED) is 0.309. The van der Waals surface area contributed by atoms with Gasteiger partial charge in [0.05, 0.1) is 23.3 Å². The van der Waals surface area contributed by atoms with Crippen molar-refractivity contribution in [2.24, 2.45) is 0 Å². The third-order valence-electron chi connectivity index (χ3n) is 4.95. The molecule has 0 aliphatic heterocycles. The lowest BCUT2D eigenvalue weighted by molar-refractivity contribution is -0.264. The molecule has 0 bridgehead atoms. The second-order valence-corrected chi connectivity index (χ2v) is 9.19. The zero-order valence-electron chi connectivity index (χ0n) is 18.1.